The fraction of sp³-hybridized carbons (Fsp3) is 0.258. The average molecular weight is 602 g/mol. The van der Waals surface area contributed by atoms with Crippen molar-refractivity contribution < 1.29 is 26.4 Å². The highest BCUT2D eigenvalue weighted by atomic mass is 32.2. The first-order valence-corrected chi connectivity index (χ1v) is 15.5. The molecule has 1 amide bonds. The van der Waals surface area contributed by atoms with Crippen LogP contribution in [0.3, 0.4) is 0 Å². The molecule has 1 aliphatic heterocycles. The molecule has 0 spiro atoms. The van der Waals surface area contributed by atoms with Crippen LogP contribution in [0, 0.1) is 17.1 Å². The molecule has 12 heteroatoms. The van der Waals surface area contributed by atoms with Crippen molar-refractivity contribution in [1.29, 1.82) is 5.26 Å². The van der Waals surface area contributed by atoms with Crippen LogP contribution in [0.4, 0.5) is 16.1 Å². The zero-order chi connectivity index (χ0) is 30.5. The van der Waals surface area contributed by atoms with E-state index < -0.39 is 21.7 Å². The molecule has 0 radical (unpaired) electrons. The van der Waals surface area contributed by atoms with Gasteiger partial charge in [0.05, 0.1) is 23.1 Å². The van der Waals surface area contributed by atoms with Crippen LogP contribution in [0.2, 0.25) is 0 Å². The average Bonchev–Trinajstić information content (AvgIpc) is 3.61. The number of aromatic nitrogens is 1. The van der Waals surface area contributed by atoms with Crippen LogP contribution in [0.25, 0.3) is 33.4 Å². The predicted octanol–water partition coefficient (Wildman–Crippen LogP) is 5.39. The number of nitrogens with zero attached hydrogens (tertiary/aromatic N) is 4. The summed E-state index contributed by atoms with van der Waals surface area (Å²) in [6.45, 7) is 1.12. The molecule has 1 fully saturated rings. The van der Waals surface area contributed by atoms with E-state index in [2.05, 4.69) is 16.4 Å². The molecule has 1 saturated heterocycles. The van der Waals surface area contributed by atoms with Crippen LogP contribution in [-0.4, -0.2) is 52.7 Å². The minimum atomic E-state index is -3.66. The summed E-state index contributed by atoms with van der Waals surface area (Å²) in [5.74, 6) is -0.724. The molecule has 0 aliphatic carbocycles. The zero-order valence-electron chi connectivity index (χ0n) is 23.7. The number of nitriles is 1. The van der Waals surface area contributed by atoms with Gasteiger partial charge in [0, 0.05) is 50.1 Å². The van der Waals surface area contributed by atoms with Gasteiger partial charge in [0.15, 0.2) is 5.58 Å². The van der Waals surface area contributed by atoms with Gasteiger partial charge in [-0.05, 0) is 60.9 Å². The lowest BCUT2D eigenvalue weighted by Gasteiger charge is -2.34. The van der Waals surface area contributed by atoms with Gasteiger partial charge in [-0.3, -0.25) is 9.10 Å². The van der Waals surface area contributed by atoms with Gasteiger partial charge in [-0.1, -0.05) is 6.07 Å². The molecule has 1 atom stereocenters. The van der Waals surface area contributed by atoms with Crippen LogP contribution in [-0.2, 0) is 10.0 Å². The van der Waals surface area contributed by atoms with Crippen molar-refractivity contribution in [3.8, 4) is 17.4 Å². The number of para-hydroxylation sites is 1. The van der Waals surface area contributed by atoms with Crippen molar-refractivity contribution in [3.05, 3.63) is 77.1 Å². The monoisotopic (exact) mass is 601 g/mol. The molecule has 0 saturated carbocycles. The van der Waals surface area contributed by atoms with Gasteiger partial charge < -0.3 is 19.1 Å². The predicted molar refractivity (Wildman–Crippen MR) is 161 cm³/mol. The third-order valence-corrected chi connectivity index (χ3v) is 9.09. The number of fused-ring (bicyclic) bond motifs is 2. The SMILES string of the molecule is CNC(=O)c1c(-c2ccc(F)cc2)oc2cc(N(C)S(C)(=O)=O)c(C3CCCN(c4nc5c(C#N)cccc5o4)C3)cc12. The van der Waals surface area contributed by atoms with Gasteiger partial charge in [0.2, 0.25) is 10.0 Å². The maximum absolute atomic E-state index is 13.7. The summed E-state index contributed by atoms with van der Waals surface area (Å²) < 4.78 is 52.6. The van der Waals surface area contributed by atoms with Crippen LogP contribution >= 0.6 is 0 Å². The van der Waals surface area contributed by atoms with Crippen molar-refractivity contribution in [2.24, 2.45) is 0 Å². The van der Waals surface area contributed by atoms with E-state index in [0.717, 1.165) is 24.7 Å². The van der Waals surface area contributed by atoms with Crippen molar-refractivity contribution >= 4 is 49.7 Å². The summed E-state index contributed by atoms with van der Waals surface area (Å²) >= 11 is 0. The van der Waals surface area contributed by atoms with E-state index in [4.69, 9.17) is 8.83 Å². The topological polar surface area (TPSA) is 133 Å². The van der Waals surface area contributed by atoms with Crippen LogP contribution in [0.5, 0.6) is 0 Å². The van der Waals surface area contributed by atoms with E-state index in [1.54, 1.807) is 24.3 Å². The lowest BCUT2D eigenvalue weighted by molar-refractivity contribution is 0.0964. The summed E-state index contributed by atoms with van der Waals surface area (Å²) in [6, 6.07) is 16.8. The summed E-state index contributed by atoms with van der Waals surface area (Å²) in [7, 11) is -0.668. The first-order valence-electron chi connectivity index (χ1n) is 13.7. The summed E-state index contributed by atoms with van der Waals surface area (Å²) in [4.78, 5) is 19.8. The molecule has 220 valence electrons. The van der Waals surface area contributed by atoms with Gasteiger partial charge in [-0.25, -0.2) is 12.8 Å². The Hall–Kier alpha value is -4.89. The van der Waals surface area contributed by atoms with E-state index >= 15 is 0 Å². The summed E-state index contributed by atoms with van der Waals surface area (Å²) in [5, 5.41) is 12.7. The maximum Gasteiger partial charge on any atom is 0.298 e. The quantitative estimate of drug-likeness (QED) is 0.274. The number of sulfonamides is 1. The Balaban J connectivity index is 1.50. The van der Waals surface area contributed by atoms with Gasteiger partial charge >= 0.3 is 0 Å². The number of rotatable bonds is 6. The van der Waals surface area contributed by atoms with E-state index in [1.165, 1.54) is 42.7 Å². The first-order chi connectivity index (χ1) is 20.6. The minimum Gasteiger partial charge on any atom is -0.455 e. The second kappa shape index (κ2) is 10.7. The number of hydrogen-bond donors (Lipinski definition) is 1. The number of halogens is 1. The molecule has 43 heavy (non-hydrogen) atoms. The largest absolute Gasteiger partial charge is 0.455 e. The van der Waals surface area contributed by atoms with Crippen molar-refractivity contribution in [3.63, 3.8) is 0 Å². The standard InChI is InChI=1S/C31H28FN5O5S/c1-34-30(38)27-23-14-22(20-7-5-13-37(17-20)31-35-28-19(16-33)6-4-8-25(28)42-31)24(36(2)43(3,39)40)15-26(23)41-29(27)18-9-11-21(32)12-10-18/h4,6,8-12,14-15,20H,5,7,13,17H2,1-3H3,(H,34,38). The molecule has 2 aromatic heterocycles. The Morgan fingerprint density at radius 1 is 1.16 bits per heavy atom. The smallest absolute Gasteiger partial charge is 0.298 e. The Morgan fingerprint density at radius 3 is 2.63 bits per heavy atom. The second-order valence-electron chi connectivity index (χ2n) is 10.6. The minimum absolute atomic E-state index is 0.162. The molecular weight excluding hydrogens is 573 g/mol. The number of carbonyl (C=O) groups is 1. The highest BCUT2D eigenvalue weighted by Crippen LogP contribution is 2.42. The summed E-state index contributed by atoms with van der Waals surface area (Å²) in [5.41, 5.74) is 3.66. The molecule has 1 N–H and O–H groups in total. The highest BCUT2D eigenvalue weighted by Gasteiger charge is 2.31. The molecule has 5 aromatic rings. The number of oxazole rings is 1. The van der Waals surface area contributed by atoms with Gasteiger partial charge in [0.25, 0.3) is 11.9 Å². The Bertz CT molecular complexity index is 2030. The maximum atomic E-state index is 13.7. The number of hydrogen-bond acceptors (Lipinski definition) is 8. The third kappa shape index (κ3) is 5.06. The molecule has 0 bridgehead atoms. The van der Waals surface area contributed by atoms with E-state index in [9.17, 15) is 22.9 Å². The van der Waals surface area contributed by atoms with Gasteiger partial charge in [0.1, 0.15) is 28.7 Å². The third-order valence-electron chi connectivity index (χ3n) is 7.89. The molecule has 1 unspecified atom stereocenters. The fourth-order valence-electron chi connectivity index (χ4n) is 5.65. The Morgan fingerprint density at radius 2 is 1.93 bits per heavy atom. The second-order valence-corrected chi connectivity index (χ2v) is 12.6. The normalized spacial score (nSPS) is 15.5. The van der Waals surface area contributed by atoms with Gasteiger partial charge in [-0.15, -0.1) is 0 Å². The number of benzene rings is 3. The lowest BCUT2D eigenvalue weighted by atomic mass is 9.88. The number of nitrogens with one attached hydrogen (secondary N) is 1. The number of furan rings is 1. The fourth-order valence-corrected chi connectivity index (χ4v) is 6.16. The van der Waals surface area contributed by atoms with E-state index in [0.29, 0.717) is 58.0 Å². The number of carbonyl (C=O) groups excluding carboxylic acids is 1. The molecule has 10 nitrogen and oxygen atoms in total. The van der Waals surface area contributed by atoms with Crippen molar-refractivity contribution in [2.45, 2.75) is 18.8 Å². The lowest BCUT2D eigenvalue weighted by Crippen LogP contribution is -2.35. The van der Waals surface area contributed by atoms with E-state index in [1.807, 2.05) is 11.0 Å². The Labute approximate surface area is 247 Å². The number of anilines is 2. The zero-order valence-corrected chi connectivity index (χ0v) is 24.5. The van der Waals surface area contributed by atoms with Crippen molar-refractivity contribution in [1.82, 2.24) is 10.3 Å². The summed E-state index contributed by atoms with van der Waals surface area (Å²) in [6.07, 6.45) is 2.64. The Kier molecular flexibility index (Phi) is 7.06. The van der Waals surface area contributed by atoms with Crippen molar-refractivity contribution in [2.75, 3.05) is 42.6 Å². The number of amides is 1. The molecule has 3 aromatic carbocycles. The van der Waals surface area contributed by atoms with Crippen LogP contribution in [0.15, 0.2) is 63.4 Å². The first kappa shape index (κ1) is 28.2. The molecule has 3 heterocycles. The van der Waals surface area contributed by atoms with Crippen LogP contribution in [0.1, 0.15) is 40.2 Å². The molecule has 6 rings (SSSR count). The van der Waals surface area contributed by atoms with Crippen LogP contribution < -0.4 is 14.5 Å². The molecular formula is C31H28FN5O5S. The highest BCUT2D eigenvalue weighted by molar-refractivity contribution is 7.92. The molecule has 1 aliphatic rings. The van der Waals surface area contributed by atoms with Gasteiger partial charge in [-0.2, -0.15) is 10.2 Å². The van der Waals surface area contributed by atoms with E-state index in [-0.39, 0.29) is 17.2 Å². The number of piperidine rings is 1.